The molecule has 0 saturated carbocycles. The zero-order chi connectivity index (χ0) is 19.4. The van der Waals surface area contributed by atoms with Gasteiger partial charge >= 0.3 is 0 Å². The zero-order valence-corrected chi connectivity index (χ0v) is 15.8. The fourth-order valence-electron chi connectivity index (χ4n) is 3.23. The van der Waals surface area contributed by atoms with Crippen molar-refractivity contribution in [3.8, 4) is 16.9 Å². The molecule has 4 nitrogen and oxygen atoms in total. The van der Waals surface area contributed by atoms with Crippen LogP contribution >= 0.6 is 11.6 Å². The molecule has 0 bridgehead atoms. The Morgan fingerprint density at radius 3 is 2.30 bits per heavy atom. The lowest BCUT2D eigenvalue weighted by molar-refractivity contribution is -0.136. The summed E-state index contributed by atoms with van der Waals surface area (Å²) in [6.45, 7) is 0. The molecule has 3 N–H and O–H groups in total. The number of hydrogen-bond acceptors (Lipinski definition) is 4. The number of aryl methyl sites for hydroxylation is 1. The largest absolute Gasteiger partial charge is 0.508 e. The molecule has 0 aliphatic heterocycles. The standard InChI is InChI=1S/C22H22ClNO3/c1-27-22(13-12-18(23)14-20(22)24)21(26)11-4-15-2-5-16(6-3-15)17-7-9-19(25)10-8-17/h2-3,5-10,12-14,20,25H,4,11,24H2,1H3. The van der Waals surface area contributed by atoms with Crippen molar-refractivity contribution in [3.63, 3.8) is 0 Å². The highest BCUT2D eigenvalue weighted by Gasteiger charge is 2.42. The maximum Gasteiger partial charge on any atom is 0.170 e. The zero-order valence-electron chi connectivity index (χ0n) is 15.1. The van der Waals surface area contributed by atoms with Crippen LogP contribution in [0.15, 0.2) is 71.8 Å². The highest BCUT2D eigenvalue weighted by atomic mass is 35.5. The van der Waals surface area contributed by atoms with Gasteiger partial charge in [0.1, 0.15) is 5.75 Å². The maximum absolute atomic E-state index is 12.8. The van der Waals surface area contributed by atoms with Crippen LogP contribution < -0.4 is 5.73 Å². The van der Waals surface area contributed by atoms with E-state index in [1.807, 2.05) is 36.4 Å². The maximum atomic E-state index is 12.8. The van der Waals surface area contributed by atoms with Crippen LogP contribution in [0.3, 0.4) is 0 Å². The van der Waals surface area contributed by atoms with Gasteiger partial charge in [0.25, 0.3) is 0 Å². The molecule has 2 atom stereocenters. The molecular weight excluding hydrogens is 362 g/mol. The SMILES string of the molecule is COC1(C(=O)CCc2ccc(-c3ccc(O)cc3)cc2)C=CC(Cl)=CC1N. The number of aromatic hydroxyl groups is 1. The van der Waals surface area contributed by atoms with E-state index in [0.717, 1.165) is 16.7 Å². The molecule has 0 spiro atoms. The molecule has 1 aliphatic rings. The van der Waals surface area contributed by atoms with Gasteiger partial charge in [0, 0.05) is 18.6 Å². The van der Waals surface area contributed by atoms with Crippen molar-refractivity contribution in [2.24, 2.45) is 5.73 Å². The van der Waals surface area contributed by atoms with E-state index in [1.165, 1.54) is 7.11 Å². The number of methoxy groups -OCH3 is 1. The van der Waals surface area contributed by atoms with Gasteiger partial charge in [-0.1, -0.05) is 48.0 Å². The number of halogens is 1. The van der Waals surface area contributed by atoms with Crippen LogP contribution in [-0.2, 0) is 16.0 Å². The van der Waals surface area contributed by atoms with E-state index in [2.05, 4.69) is 0 Å². The van der Waals surface area contributed by atoms with Gasteiger partial charge in [0.05, 0.1) is 6.04 Å². The van der Waals surface area contributed by atoms with E-state index in [-0.39, 0.29) is 11.5 Å². The number of nitrogens with two attached hydrogens (primary N) is 1. The average Bonchev–Trinajstić information content (AvgIpc) is 2.68. The first-order valence-corrected chi connectivity index (χ1v) is 9.11. The molecule has 140 valence electrons. The van der Waals surface area contributed by atoms with E-state index >= 15 is 0 Å². The highest BCUT2D eigenvalue weighted by molar-refractivity contribution is 6.31. The van der Waals surface area contributed by atoms with E-state index in [9.17, 15) is 9.90 Å². The van der Waals surface area contributed by atoms with Gasteiger partial charge in [-0.3, -0.25) is 4.79 Å². The molecule has 2 unspecified atom stereocenters. The minimum Gasteiger partial charge on any atom is -0.508 e. The van der Waals surface area contributed by atoms with Crippen molar-refractivity contribution >= 4 is 17.4 Å². The van der Waals surface area contributed by atoms with Crippen LogP contribution in [0.5, 0.6) is 5.75 Å². The van der Waals surface area contributed by atoms with Crippen molar-refractivity contribution in [2.75, 3.05) is 7.11 Å². The quantitative estimate of drug-likeness (QED) is 0.791. The summed E-state index contributed by atoms with van der Waals surface area (Å²) in [6, 6.07) is 14.5. The Kier molecular flexibility index (Phi) is 5.80. The van der Waals surface area contributed by atoms with Crippen molar-refractivity contribution < 1.29 is 14.6 Å². The van der Waals surface area contributed by atoms with Crippen LogP contribution in [-0.4, -0.2) is 29.6 Å². The monoisotopic (exact) mass is 383 g/mol. The Hall–Kier alpha value is -2.40. The minimum atomic E-state index is -1.16. The van der Waals surface area contributed by atoms with Gasteiger partial charge in [0.15, 0.2) is 11.4 Å². The molecule has 0 aromatic heterocycles. The smallest absolute Gasteiger partial charge is 0.170 e. The molecule has 27 heavy (non-hydrogen) atoms. The van der Waals surface area contributed by atoms with Crippen LogP contribution in [0.2, 0.25) is 0 Å². The van der Waals surface area contributed by atoms with Gasteiger partial charge in [-0.05, 0) is 53.5 Å². The van der Waals surface area contributed by atoms with Crippen LogP contribution in [0, 0.1) is 0 Å². The predicted octanol–water partition coefficient (Wildman–Crippen LogP) is 3.97. The van der Waals surface area contributed by atoms with Crippen molar-refractivity contribution in [3.05, 3.63) is 77.4 Å². The van der Waals surface area contributed by atoms with E-state index in [0.29, 0.717) is 17.9 Å². The minimum absolute atomic E-state index is 0.0724. The normalized spacial score (nSPS) is 21.7. The molecule has 2 aromatic rings. The third kappa shape index (κ3) is 4.14. The number of ketones is 1. The number of phenols is 1. The molecule has 0 heterocycles. The predicted molar refractivity (Wildman–Crippen MR) is 108 cm³/mol. The van der Waals surface area contributed by atoms with Crippen LogP contribution in [0.4, 0.5) is 0 Å². The van der Waals surface area contributed by atoms with Crippen LogP contribution in [0.1, 0.15) is 12.0 Å². The summed E-state index contributed by atoms with van der Waals surface area (Å²) in [7, 11) is 1.49. The summed E-state index contributed by atoms with van der Waals surface area (Å²) in [5, 5.41) is 9.89. The average molecular weight is 384 g/mol. The van der Waals surface area contributed by atoms with Crippen molar-refractivity contribution in [1.82, 2.24) is 0 Å². The fourth-order valence-corrected chi connectivity index (χ4v) is 3.43. The summed E-state index contributed by atoms with van der Waals surface area (Å²) in [5.41, 5.74) is 8.07. The number of Topliss-reactive ketones (excluding diaryl/α,β-unsaturated/α-hetero) is 1. The van der Waals surface area contributed by atoms with Crippen molar-refractivity contribution in [1.29, 1.82) is 0 Å². The van der Waals surface area contributed by atoms with Gasteiger partial charge in [0.2, 0.25) is 0 Å². The Bertz CT molecular complexity index is 871. The number of carbonyl (C=O) groups is 1. The number of phenolic OH excluding ortho intramolecular Hbond substituents is 1. The van der Waals surface area contributed by atoms with E-state index in [1.54, 1.807) is 30.4 Å². The lowest BCUT2D eigenvalue weighted by Crippen LogP contribution is -2.54. The number of rotatable bonds is 6. The molecule has 0 amide bonds. The number of allylic oxidation sites excluding steroid dienone is 2. The number of hydrogen-bond donors (Lipinski definition) is 2. The van der Waals surface area contributed by atoms with Gasteiger partial charge in [-0.25, -0.2) is 0 Å². The Labute approximate surface area is 163 Å². The topological polar surface area (TPSA) is 72.5 Å². The number of benzene rings is 2. The molecule has 1 aliphatic carbocycles. The van der Waals surface area contributed by atoms with Gasteiger partial charge < -0.3 is 15.6 Å². The second-order valence-electron chi connectivity index (χ2n) is 6.57. The summed E-state index contributed by atoms with van der Waals surface area (Å²) in [4.78, 5) is 12.8. The first-order chi connectivity index (χ1) is 12.9. The second kappa shape index (κ2) is 8.09. The summed E-state index contributed by atoms with van der Waals surface area (Å²) in [6.07, 6.45) is 5.85. The Balaban J connectivity index is 1.67. The number of ether oxygens (including phenoxy) is 1. The van der Waals surface area contributed by atoms with E-state index in [4.69, 9.17) is 22.1 Å². The number of carbonyl (C=O) groups excluding carboxylic acids is 1. The molecule has 3 rings (SSSR count). The third-order valence-electron chi connectivity index (χ3n) is 4.89. The lowest BCUT2D eigenvalue weighted by atomic mass is 9.83. The summed E-state index contributed by atoms with van der Waals surface area (Å²) >= 11 is 5.96. The first kappa shape index (κ1) is 19.4. The highest BCUT2D eigenvalue weighted by Crippen LogP contribution is 2.28. The Morgan fingerprint density at radius 1 is 1.15 bits per heavy atom. The molecule has 2 aromatic carbocycles. The first-order valence-electron chi connectivity index (χ1n) is 8.73. The lowest BCUT2D eigenvalue weighted by Gasteiger charge is -2.34. The van der Waals surface area contributed by atoms with Crippen molar-refractivity contribution in [2.45, 2.75) is 24.5 Å². The fraction of sp³-hybridized carbons (Fsp3) is 0.227. The van der Waals surface area contributed by atoms with Gasteiger partial charge in [-0.2, -0.15) is 0 Å². The molecule has 0 radical (unpaired) electrons. The molecule has 0 fully saturated rings. The molecule has 0 saturated heterocycles. The van der Waals surface area contributed by atoms with E-state index < -0.39 is 11.6 Å². The van der Waals surface area contributed by atoms with Crippen LogP contribution in [0.25, 0.3) is 11.1 Å². The molecule has 5 heteroatoms. The summed E-state index contributed by atoms with van der Waals surface area (Å²) in [5.74, 6) is 0.170. The second-order valence-corrected chi connectivity index (χ2v) is 7.01. The molecular formula is C22H22ClNO3. The third-order valence-corrected chi connectivity index (χ3v) is 5.14. The van der Waals surface area contributed by atoms with Gasteiger partial charge in [-0.15, -0.1) is 0 Å². The summed E-state index contributed by atoms with van der Waals surface area (Å²) < 4.78 is 5.49. The Morgan fingerprint density at radius 2 is 1.74 bits per heavy atom.